The monoisotopic (exact) mass is 358 g/mol. The molecule has 1 N–H and O–H groups in total. The molecule has 2 aromatic rings. The molecular formula is C20H26N2O2S. The number of benzene rings is 1. The summed E-state index contributed by atoms with van der Waals surface area (Å²) in [7, 11) is 0. The standard InChI is InChI=1S/C20H26N2O2S/c1-5-16(24-19-22-15-8-6-7-9-17(15)25-19)18(23)21-14-10-13(2)11-20(3,4)12-14/h6-10,13,16H,5,11-12H2,1-4H3,(H,21,23). The minimum atomic E-state index is -0.526. The van der Waals surface area contributed by atoms with Gasteiger partial charge in [-0.3, -0.25) is 4.79 Å². The smallest absolute Gasteiger partial charge is 0.275 e. The maximum atomic E-state index is 12.7. The van der Waals surface area contributed by atoms with Gasteiger partial charge in [-0.25, -0.2) is 4.98 Å². The second-order valence-electron chi connectivity index (χ2n) is 7.67. The predicted octanol–water partition coefficient (Wildman–Crippen LogP) is 4.91. The predicted molar refractivity (Wildman–Crippen MR) is 103 cm³/mol. The average Bonchev–Trinajstić information content (AvgIpc) is 2.92. The molecule has 2 atom stereocenters. The van der Waals surface area contributed by atoms with Crippen molar-refractivity contribution in [3.05, 3.63) is 36.0 Å². The van der Waals surface area contributed by atoms with Gasteiger partial charge in [-0.1, -0.05) is 57.2 Å². The van der Waals surface area contributed by atoms with Crippen LogP contribution in [0.2, 0.25) is 0 Å². The van der Waals surface area contributed by atoms with Gasteiger partial charge in [0.1, 0.15) is 0 Å². The molecular weight excluding hydrogens is 332 g/mol. The lowest BCUT2D eigenvalue weighted by Crippen LogP contribution is -2.39. The van der Waals surface area contributed by atoms with Crippen LogP contribution in [0.15, 0.2) is 36.0 Å². The summed E-state index contributed by atoms with van der Waals surface area (Å²) in [6.07, 6.45) is 4.29. The van der Waals surface area contributed by atoms with Gasteiger partial charge in [0.15, 0.2) is 6.10 Å². The largest absolute Gasteiger partial charge is 0.457 e. The second kappa shape index (κ2) is 7.16. The zero-order valence-corrected chi connectivity index (χ0v) is 16.2. The molecule has 5 heteroatoms. The average molecular weight is 359 g/mol. The Hall–Kier alpha value is -1.88. The van der Waals surface area contributed by atoms with Gasteiger partial charge in [0.2, 0.25) is 0 Å². The van der Waals surface area contributed by atoms with Crippen LogP contribution in [0.25, 0.3) is 10.2 Å². The molecule has 1 amide bonds. The summed E-state index contributed by atoms with van der Waals surface area (Å²) < 4.78 is 6.97. The highest BCUT2D eigenvalue weighted by Gasteiger charge is 2.29. The number of allylic oxidation sites excluding steroid dienone is 2. The fourth-order valence-corrected chi connectivity index (χ4v) is 4.45. The Morgan fingerprint density at radius 1 is 1.44 bits per heavy atom. The molecule has 25 heavy (non-hydrogen) atoms. The molecule has 134 valence electrons. The van der Waals surface area contributed by atoms with Gasteiger partial charge in [0.25, 0.3) is 11.1 Å². The minimum absolute atomic E-state index is 0.0853. The molecule has 3 rings (SSSR count). The minimum Gasteiger partial charge on any atom is -0.457 e. The van der Waals surface area contributed by atoms with E-state index in [0.29, 0.717) is 17.5 Å². The summed E-state index contributed by atoms with van der Waals surface area (Å²) >= 11 is 1.48. The molecule has 1 aliphatic carbocycles. The summed E-state index contributed by atoms with van der Waals surface area (Å²) in [5.74, 6) is 0.391. The van der Waals surface area contributed by atoms with E-state index in [1.54, 1.807) is 0 Å². The number of fused-ring (bicyclic) bond motifs is 1. The molecule has 1 aromatic heterocycles. The van der Waals surface area contributed by atoms with E-state index < -0.39 is 6.10 Å². The number of para-hydroxylation sites is 1. The third-order valence-electron chi connectivity index (χ3n) is 4.49. The maximum absolute atomic E-state index is 12.7. The van der Waals surface area contributed by atoms with Crippen LogP contribution >= 0.6 is 11.3 Å². The van der Waals surface area contributed by atoms with Crippen LogP contribution in [0.3, 0.4) is 0 Å². The van der Waals surface area contributed by atoms with Crippen molar-refractivity contribution in [2.24, 2.45) is 11.3 Å². The third kappa shape index (κ3) is 4.40. The number of ether oxygens (including phenoxy) is 1. The number of thiazole rings is 1. The van der Waals surface area contributed by atoms with Gasteiger partial charge in [0.05, 0.1) is 10.2 Å². The van der Waals surface area contributed by atoms with Crippen LogP contribution in [0.5, 0.6) is 5.19 Å². The van der Waals surface area contributed by atoms with Crippen molar-refractivity contribution in [1.82, 2.24) is 10.3 Å². The maximum Gasteiger partial charge on any atom is 0.275 e. The first-order valence-electron chi connectivity index (χ1n) is 8.90. The first kappa shape index (κ1) is 17.9. The van der Waals surface area contributed by atoms with E-state index in [1.807, 2.05) is 31.2 Å². The Morgan fingerprint density at radius 3 is 2.88 bits per heavy atom. The van der Waals surface area contributed by atoms with Gasteiger partial charge >= 0.3 is 0 Å². The summed E-state index contributed by atoms with van der Waals surface area (Å²) in [6.45, 7) is 8.65. The lowest BCUT2D eigenvalue weighted by molar-refractivity contribution is -0.127. The highest BCUT2D eigenvalue weighted by atomic mass is 32.1. The molecule has 0 spiro atoms. The van der Waals surface area contributed by atoms with E-state index >= 15 is 0 Å². The molecule has 1 aliphatic rings. The molecule has 1 heterocycles. The number of nitrogens with one attached hydrogen (secondary N) is 1. The molecule has 4 nitrogen and oxygen atoms in total. The SMILES string of the molecule is CCC(Oc1nc2ccccc2s1)C(=O)NC1=CC(C)CC(C)(C)C1. The highest BCUT2D eigenvalue weighted by Crippen LogP contribution is 2.37. The van der Waals surface area contributed by atoms with Crippen molar-refractivity contribution in [1.29, 1.82) is 0 Å². The van der Waals surface area contributed by atoms with Crippen LogP contribution in [0, 0.1) is 11.3 Å². The normalized spacial score (nSPS) is 20.8. The Labute approximate surface area is 153 Å². The zero-order chi connectivity index (χ0) is 18.0. The first-order valence-corrected chi connectivity index (χ1v) is 9.72. The van der Waals surface area contributed by atoms with Crippen molar-refractivity contribution in [2.45, 2.75) is 53.1 Å². The fraction of sp³-hybridized carbons (Fsp3) is 0.500. The summed E-state index contributed by atoms with van der Waals surface area (Å²) in [4.78, 5) is 17.1. The van der Waals surface area contributed by atoms with E-state index in [2.05, 4.69) is 37.1 Å². The highest BCUT2D eigenvalue weighted by molar-refractivity contribution is 7.20. The van der Waals surface area contributed by atoms with E-state index in [0.717, 1.165) is 28.8 Å². The van der Waals surface area contributed by atoms with Crippen molar-refractivity contribution >= 4 is 27.5 Å². The Balaban J connectivity index is 1.69. The van der Waals surface area contributed by atoms with Crippen molar-refractivity contribution in [3.63, 3.8) is 0 Å². The summed E-state index contributed by atoms with van der Waals surface area (Å²) in [6, 6.07) is 7.90. The first-order chi connectivity index (χ1) is 11.9. The van der Waals surface area contributed by atoms with Crippen LogP contribution in [0.1, 0.15) is 47.0 Å². The quantitative estimate of drug-likeness (QED) is 0.826. The van der Waals surface area contributed by atoms with Crippen LogP contribution in [-0.2, 0) is 4.79 Å². The molecule has 2 unspecified atom stereocenters. The van der Waals surface area contributed by atoms with E-state index in [4.69, 9.17) is 4.74 Å². The number of hydrogen-bond acceptors (Lipinski definition) is 4. The van der Waals surface area contributed by atoms with Gasteiger partial charge in [0, 0.05) is 5.70 Å². The van der Waals surface area contributed by atoms with E-state index in [-0.39, 0.29) is 11.3 Å². The van der Waals surface area contributed by atoms with Crippen molar-refractivity contribution in [2.75, 3.05) is 0 Å². The molecule has 0 aliphatic heterocycles. The topological polar surface area (TPSA) is 51.2 Å². The van der Waals surface area contributed by atoms with Gasteiger partial charge < -0.3 is 10.1 Å². The Bertz CT molecular complexity index is 761. The third-order valence-corrected chi connectivity index (χ3v) is 5.42. The van der Waals surface area contributed by atoms with Crippen LogP contribution in [0.4, 0.5) is 0 Å². The second-order valence-corrected chi connectivity index (χ2v) is 8.66. The molecule has 1 aromatic carbocycles. The molecule has 0 saturated heterocycles. The number of rotatable bonds is 5. The number of aromatic nitrogens is 1. The number of carbonyl (C=O) groups excluding carboxylic acids is 1. The number of carbonyl (C=O) groups is 1. The number of amides is 1. The van der Waals surface area contributed by atoms with Gasteiger partial charge in [-0.2, -0.15) is 0 Å². The van der Waals surface area contributed by atoms with Crippen molar-refractivity contribution in [3.8, 4) is 5.19 Å². The van der Waals surface area contributed by atoms with E-state index in [9.17, 15) is 4.79 Å². The molecule has 0 bridgehead atoms. The lowest BCUT2D eigenvalue weighted by atomic mass is 9.75. The molecule has 0 fully saturated rings. The van der Waals surface area contributed by atoms with E-state index in [1.165, 1.54) is 11.3 Å². The van der Waals surface area contributed by atoms with Gasteiger partial charge in [-0.05, 0) is 42.7 Å². The lowest BCUT2D eigenvalue weighted by Gasteiger charge is -2.33. The number of nitrogens with zero attached hydrogens (tertiary/aromatic N) is 1. The summed E-state index contributed by atoms with van der Waals surface area (Å²) in [5.41, 5.74) is 2.13. The van der Waals surface area contributed by atoms with Crippen LogP contribution in [-0.4, -0.2) is 17.0 Å². The molecule has 0 radical (unpaired) electrons. The Kier molecular flexibility index (Phi) is 5.13. The van der Waals surface area contributed by atoms with Crippen molar-refractivity contribution < 1.29 is 9.53 Å². The van der Waals surface area contributed by atoms with Crippen LogP contribution < -0.4 is 10.1 Å². The van der Waals surface area contributed by atoms with Gasteiger partial charge in [-0.15, -0.1) is 0 Å². The number of hydrogen-bond donors (Lipinski definition) is 1. The summed E-state index contributed by atoms with van der Waals surface area (Å²) in [5, 5.41) is 3.63. The molecule has 0 saturated carbocycles. The fourth-order valence-electron chi connectivity index (χ4n) is 3.59. The Morgan fingerprint density at radius 2 is 2.20 bits per heavy atom. The zero-order valence-electron chi connectivity index (χ0n) is 15.3.